The normalized spacial score (nSPS) is 8.00. The monoisotopic (exact) mass is 302 g/mol. The summed E-state index contributed by atoms with van der Waals surface area (Å²) in [6.45, 7) is 0.377. The molecule has 0 aliphatic heterocycles. The third-order valence-electron chi connectivity index (χ3n) is 0.483. The van der Waals surface area contributed by atoms with Crippen molar-refractivity contribution in [1.82, 2.24) is 0 Å². The summed E-state index contributed by atoms with van der Waals surface area (Å²) in [4.78, 5) is 14.8. The molecule has 0 spiro atoms. The molecule has 0 rings (SSSR count). The first-order chi connectivity index (χ1) is 5.22. The average molecular weight is 301 g/mol. The summed E-state index contributed by atoms with van der Waals surface area (Å²) >= 11 is 7.75. The van der Waals surface area contributed by atoms with Crippen molar-refractivity contribution in [2.45, 2.75) is 9.88 Å². The van der Waals surface area contributed by atoms with E-state index in [1.54, 1.807) is 0 Å². The molecule has 0 saturated heterocycles. The topological polar surface area (TPSA) is 26.3 Å². The second-order valence-electron chi connectivity index (χ2n) is 1.60. The van der Waals surface area contributed by atoms with Gasteiger partial charge in [0.1, 0.15) is 6.61 Å². The number of carbonyl (C=O) groups is 1. The number of ether oxygens (including phenoxy) is 1. The standard InChI is InChI=1S/C4H8O2S2.2CH3.Sn/c5-4(3-8)6-1-2-7;;;/h7-8H,1-3H2;2*1H3;. The number of carbonyl (C=O) groups excluding carboxylic acids is 1. The summed E-state index contributed by atoms with van der Waals surface area (Å²) in [6.07, 6.45) is 0. The first-order valence-corrected chi connectivity index (χ1v) is 10.2. The van der Waals surface area contributed by atoms with Gasteiger partial charge in [0.05, 0.1) is 5.75 Å². The van der Waals surface area contributed by atoms with Gasteiger partial charge in [0.15, 0.2) is 0 Å². The zero-order valence-electron chi connectivity index (χ0n) is 6.83. The summed E-state index contributed by atoms with van der Waals surface area (Å²) in [5.41, 5.74) is 0. The minimum atomic E-state index is -0.289. The van der Waals surface area contributed by atoms with Crippen molar-refractivity contribution in [3.63, 3.8) is 0 Å². The first kappa shape index (κ1) is 14.5. The van der Waals surface area contributed by atoms with Crippen LogP contribution in [-0.4, -0.2) is 45.2 Å². The Morgan fingerprint density at radius 2 is 1.91 bits per heavy atom. The first-order valence-electron chi connectivity index (χ1n) is 3.18. The summed E-state index contributed by atoms with van der Waals surface area (Å²) in [6, 6.07) is 0. The molecule has 0 N–H and O–H groups in total. The van der Waals surface area contributed by atoms with E-state index >= 15 is 0 Å². The van der Waals surface area contributed by atoms with Gasteiger partial charge in [-0.1, -0.05) is 0 Å². The summed E-state index contributed by atoms with van der Waals surface area (Å²) in [5.74, 6) is 0.426. The van der Waals surface area contributed by atoms with Crippen LogP contribution in [0.2, 0.25) is 9.88 Å². The molecule has 0 aromatic heterocycles. The van der Waals surface area contributed by atoms with Gasteiger partial charge >= 0.3 is 37.0 Å². The van der Waals surface area contributed by atoms with Gasteiger partial charge < -0.3 is 4.74 Å². The van der Waals surface area contributed by atoms with E-state index in [9.17, 15) is 4.79 Å². The molecule has 0 amide bonds. The molecule has 5 heteroatoms. The molecule has 0 aromatic carbocycles. The van der Waals surface area contributed by atoms with Crippen LogP contribution in [0, 0.1) is 0 Å². The predicted molar refractivity (Wildman–Crippen MR) is 56.1 cm³/mol. The zero-order valence-corrected chi connectivity index (χ0v) is 11.5. The molecule has 0 aliphatic rings. The fourth-order valence-electron chi connectivity index (χ4n) is 0.205. The van der Waals surface area contributed by atoms with Gasteiger partial charge in [-0.15, -0.1) is 0 Å². The Balaban J connectivity index is 0. The number of hydrogen-bond donors (Lipinski definition) is 2. The van der Waals surface area contributed by atoms with E-state index < -0.39 is 0 Å². The van der Waals surface area contributed by atoms with Gasteiger partial charge in [0.2, 0.25) is 0 Å². The van der Waals surface area contributed by atoms with Gasteiger partial charge in [-0.2, -0.15) is 25.3 Å². The molecule has 0 unspecified atom stereocenters. The number of esters is 1. The fraction of sp³-hybridized carbons (Fsp3) is 0.833. The van der Waals surface area contributed by atoms with Crippen LogP contribution in [-0.2, 0) is 9.53 Å². The second kappa shape index (κ2) is 13.6. The molecular formula is C6H14O2S2Sn. The number of rotatable bonds is 3. The van der Waals surface area contributed by atoms with Crippen LogP contribution in [0.5, 0.6) is 0 Å². The summed E-state index contributed by atoms with van der Waals surface area (Å²) < 4.78 is 4.55. The third kappa shape index (κ3) is 18.2. The molecule has 0 fully saturated rings. The van der Waals surface area contributed by atoms with Crippen molar-refractivity contribution in [2.24, 2.45) is 0 Å². The van der Waals surface area contributed by atoms with Crippen LogP contribution in [0.1, 0.15) is 0 Å². The zero-order chi connectivity index (χ0) is 9.11. The van der Waals surface area contributed by atoms with E-state index in [4.69, 9.17) is 0 Å². The van der Waals surface area contributed by atoms with Crippen LogP contribution >= 0.6 is 25.3 Å². The van der Waals surface area contributed by atoms with E-state index in [-0.39, 0.29) is 32.9 Å². The Morgan fingerprint density at radius 3 is 2.18 bits per heavy atom. The van der Waals surface area contributed by atoms with Crippen molar-refractivity contribution in [2.75, 3.05) is 18.1 Å². The molecule has 2 nitrogen and oxygen atoms in total. The fourth-order valence-corrected chi connectivity index (χ4v) is 0.388. The Hall–Kier alpha value is 0.969. The Bertz CT molecular complexity index is 90.7. The van der Waals surface area contributed by atoms with Crippen molar-refractivity contribution in [3.8, 4) is 0 Å². The molecule has 2 radical (unpaired) electrons. The predicted octanol–water partition coefficient (Wildman–Crippen LogP) is 1.18. The van der Waals surface area contributed by atoms with E-state index in [1.807, 2.05) is 0 Å². The quantitative estimate of drug-likeness (QED) is 0.465. The molecule has 0 heterocycles. The van der Waals surface area contributed by atoms with Gasteiger partial charge in [-0.25, -0.2) is 0 Å². The SMILES string of the molecule is O=C(CS)OCCS.[CH3][Sn][CH3]. The van der Waals surface area contributed by atoms with Crippen LogP contribution in [0.25, 0.3) is 0 Å². The van der Waals surface area contributed by atoms with Gasteiger partial charge in [-0.3, -0.25) is 4.79 Å². The van der Waals surface area contributed by atoms with Crippen molar-refractivity contribution in [1.29, 1.82) is 0 Å². The van der Waals surface area contributed by atoms with E-state index in [1.165, 1.54) is 0 Å². The molecule has 0 aliphatic carbocycles. The molecule has 0 saturated carbocycles. The number of hydrogen-bond acceptors (Lipinski definition) is 4. The Morgan fingerprint density at radius 1 is 1.45 bits per heavy atom. The van der Waals surface area contributed by atoms with Crippen LogP contribution in [0.4, 0.5) is 0 Å². The van der Waals surface area contributed by atoms with Crippen LogP contribution < -0.4 is 0 Å². The molecular weight excluding hydrogens is 287 g/mol. The minimum absolute atomic E-state index is 0.147. The Labute approximate surface area is 89.5 Å². The van der Waals surface area contributed by atoms with E-state index in [0.717, 1.165) is 0 Å². The van der Waals surface area contributed by atoms with Gasteiger partial charge in [0.25, 0.3) is 0 Å². The second-order valence-corrected chi connectivity index (χ2v) is 5.22. The Kier molecular flexibility index (Phi) is 17.9. The number of thiol groups is 2. The molecule has 66 valence electrons. The third-order valence-corrected chi connectivity index (χ3v) is 0.924. The van der Waals surface area contributed by atoms with Crippen LogP contribution in [0.3, 0.4) is 0 Å². The van der Waals surface area contributed by atoms with E-state index in [2.05, 4.69) is 39.9 Å². The molecule has 0 aromatic rings. The average Bonchev–Trinajstić information content (AvgIpc) is 2.02. The maximum absolute atomic E-state index is 10.2. The molecule has 0 bridgehead atoms. The van der Waals surface area contributed by atoms with Crippen molar-refractivity contribution < 1.29 is 9.53 Å². The van der Waals surface area contributed by atoms with Crippen LogP contribution in [0.15, 0.2) is 0 Å². The van der Waals surface area contributed by atoms with Crippen molar-refractivity contribution in [3.05, 3.63) is 0 Å². The molecule has 0 atom stereocenters. The summed E-state index contributed by atoms with van der Waals surface area (Å²) in [5, 5.41) is 0. The van der Waals surface area contributed by atoms with Gasteiger partial charge in [-0.05, 0) is 0 Å². The van der Waals surface area contributed by atoms with Gasteiger partial charge in [0, 0.05) is 5.75 Å². The molecule has 11 heavy (non-hydrogen) atoms. The maximum atomic E-state index is 10.2. The van der Waals surface area contributed by atoms with E-state index in [0.29, 0.717) is 12.4 Å². The summed E-state index contributed by atoms with van der Waals surface area (Å²) in [7, 11) is 0. The van der Waals surface area contributed by atoms with Crippen molar-refractivity contribution >= 4 is 52.4 Å².